The van der Waals surface area contributed by atoms with Gasteiger partial charge in [0, 0.05) is 24.6 Å². The zero-order valence-corrected chi connectivity index (χ0v) is 16.3. The minimum atomic E-state index is -0.341. The second-order valence-electron chi connectivity index (χ2n) is 7.22. The Hall–Kier alpha value is -2.86. The maximum atomic E-state index is 12.3. The van der Waals surface area contributed by atoms with Gasteiger partial charge >= 0.3 is 6.09 Å². The molecule has 0 spiro atoms. The monoisotopic (exact) mass is 379 g/mol. The second kappa shape index (κ2) is 7.64. The molecule has 1 aliphatic heterocycles. The summed E-state index contributed by atoms with van der Waals surface area (Å²) in [6, 6.07) is 14.3. The number of aliphatic hydroxyl groups is 1. The van der Waals surface area contributed by atoms with Crippen molar-refractivity contribution in [1.29, 1.82) is 0 Å². The average molecular weight is 379 g/mol. The van der Waals surface area contributed by atoms with Gasteiger partial charge < -0.3 is 14.4 Å². The Morgan fingerprint density at radius 2 is 2.04 bits per heavy atom. The van der Waals surface area contributed by atoms with Crippen molar-refractivity contribution in [2.24, 2.45) is 0 Å². The number of amides is 1. The maximum absolute atomic E-state index is 12.3. The van der Waals surface area contributed by atoms with E-state index in [0.29, 0.717) is 13.0 Å². The van der Waals surface area contributed by atoms with Gasteiger partial charge in [-0.2, -0.15) is 0 Å². The van der Waals surface area contributed by atoms with Crippen LogP contribution in [0, 0.1) is 0 Å². The summed E-state index contributed by atoms with van der Waals surface area (Å²) in [5.41, 5.74) is 5.04. The van der Waals surface area contributed by atoms with Crippen LogP contribution in [0.4, 0.5) is 10.5 Å². The lowest BCUT2D eigenvalue weighted by Gasteiger charge is -2.34. The molecule has 0 unspecified atom stereocenters. The van der Waals surface area contributed by atoms with E-state index in [-0.39, 0.29) is 18.7 Å². The first kappa shape index (κ1) is 18.5. The number of methoxy groups -OCH3 is 1. The molecule has 2 aromatic carbocycles. The van der Waals surface area contributed by atoms with Gasteiger partial charge in [0.1, 0.15) is 5.82 Å². The highest BCUT2D eigenvalue weighted by Gasteiger charge is 2.31. The van der Waals surface area contributed by atoms with Crippen LogP contribution in [0.25, 0.3) is 11.0 Å². The van der Waals surface area contributed by atoms with E-state index in [2.05, 4.69) is 16.7 Å². The number of aliphatic hydroxyl groups excluding tert-OH is 1. The number of carbonyl (C=O) groups excluding carboxylic acids is 1. The number of hydrogen-bond acceptors (Lipinski definition) is 4. The van der Waals surface area contributed by atoms with E-state index in [9.17, 15) is 9.90 Å². The molecule has 0 saturated carbocycles. The number of fused-ring (bicyclic) bond motifs is 3. The van der Waals surface area contributed by atoms with Crippen molar-refractivity contribution in [3.63, 3.8) is 0 Å². The van der Waals surface area contributed by atoms with Crippen LogP contribution in [0.2, 0.25) is 0 Å². The van der Waals surface area contributed by atoms with E-state index in [1.807, 2.05) is 37.3 Å². The molecule has 4 rings (SSSR count). The zero-order chi connectivity index (χ0) is 19.7. The fraction of sp³-hybridized carbons (Fsp3) is 0.364. The number of imidazole rings is 1. The van der Waals surface area contributed by atoms with Crippen molar-refractivity contribution in [3.8, 4) is 0 Å². The smallest absolute Gasteiger partial charge is 0.414 e. The van der Waals surface area contributed by atoms with Crippen LogP contribution in [0.5, 0.6) is 0 Å². The molecular weight excluding hydrogens is 354 g/mol. The molecule has 0 radical (unpaired) electrons. The summed E-state index contributed by atoms with van der Waals surface area (Å²) < 4.78 is 7.09. The van der Waals surface area contributed by atoms with Crippen LogP contribution in [-0.2, 0) is 24.1 Å². The molecule has 0 aliphatic carbocycles. The Balaban J connectivity index is 1.85. The number of hydrogen-bond donors (Lipinski definition) is 1. The van der Waals surface area contributed by atoms with Gasteiger partial charge in [0.15, 0.2) is 0 Å². The van der Waals surface area contributed by atoms with Gasteiger partial charge in [-0.25, -0.2) is 9.78 Å². The van der Waals surface area contributed by atoms with E-state index in [4.69, 9.17) is 9.72 Å². The molecule has 6 nitrogen and oxygen atoms in total. The number of carbonyl (C=O) groups is 1. The Labute approximate surface area is 164 Å². The zero-order valence-electron chi connectivity index (χ0n) is 16.3. The molecule has 146 valence electrons. The van der Waals surface area contributed by atoms with Gasteiger partial charge in [-0.05, 0) is 37.5 Å². The van der Waals surface area contributed by atoms with Crippen LogP contribution in [-0.4, -0.2) is 40.5 Å². The fourth-order valence-electron chi connectivity index (χ4n) is 4.12. The predicted octanol–water partition coefficient (Wildman–Crippen LogP) is 3.53. The summed E-state index contributed by atoms with van der Waals surface area (Å²) in [6.45, 7) is 2.58. The van der Waals surface area contributed by atoms with Crippen LogP contribution < -0.4 is 4.90 Å². The summed E-state index contributed by atoms with van der Waals surface area (Å²) in [7, 11) is 1.41. The van der Waals surface area contributed by atoms with Crippen LogP contribution in [0.1, 0.15) is 30.3 Å². The van der Waals surface area contributed by atoms with Crippen molar-refractivity contribution in [2.45, 2.75) is 38.8 Å². The van der Waals surface area contributed by atoms with Crippen molar-refractivity contribution in [3.05, 3.63) is 59.4 Å². The normalized spacial score (nSPS) is 16.2. The van der Waals surface area contributed by atoms with Gasteiger partial charge in [0.25, 0.3) is 0 Å². The quantitative estimate of drug-likeness (QED) is 0.753. The SMILES string of the molecule is COC(=O)N1c2ccc3c(nc(Cc4ccccc4)n3CCO)c2CC[C@@H]1C. The summed E-state index contributed by atoms with van der Waals surface area (Å²) >= 11 is 0. The molecule has 6 heteroatoms. The number of aryl methyl sites for hydroxylation is 1. The van der Waals surface area contributed by atoms with Gasteiger partial charge in [0.2, 0.25) is 0 Å². The number of nitrogens with zero attached hydrogens (tertiary/aromatic N) is 3. The van der Waals surface area contributed by atoms with Crippen LogP contribution in [0.3, 0.4) is 0 Å². The lowest BCUT2D eigenvalue weighted by Crippen LogP contribution is -2.42. The molecule has 28 heavy (non-hydrogen) atoms. The molecule has 1 aliphatic rings. The van der Waals surface area contributed by atoms with E-state index in [1.165, 1.54) is 12.7 Å². The van der Waals surface area contributed by atoms with Crippen LogP contribution >= 0.6 is 0 Å². The fourth-order valence-corrected chi connectivity index (χ4v) is 4.12. The molecule has 0 saturated heterocycles. The highest BCUT2D eigenvalue weighted by atomic mass is 16.5. The van der Waals surface area contributed by atoms with E-state index >= 15 is 0 Å². The van der Waals surface area contributed by atoms with E-state index in [1.54, 1.807) is 4.90 Å². The summed E-state index contributed by atoms with van der Waals surface area (Å²) in [6.07, 6.45) is 2.08. The highest BCUT2D eigenvalue weighted by molar-refractivity contribution is 5.95. The Morgan fingerprint density at radius 1 is 1.25 bits per heavy atom. The highest BCUT2D eigenvalue weighted by Crippen LogP contribution is 2.36. The minimum absolute atomic E-state index is 0.0512. The number of aromatic nitrogens is 2. The third kappa shape index (κ3) is 3.14. The predicted molar refractivity (Wildman–Crippen MR) is 109 cm³/mol. The molecule has 1 aromatic heterocycles. The van der Waals surface area contributed by atoms with Crippen molar-refractivity contribution in [2.75, 3.05) is 18.6 Å². The molecule has 3 aromatic rings. The average Bonchev–Trinajstić information content (AvgIpc) is 3.05. The van der Waals surface area contributed by atoms with Gasteiger partial charge in [-0.3, -0.25) is 4.90 Å². The summed E-state index contributed by atoms with van der Waals surface area (Å²) in [4.78, 5) is 19.0. The van der Waals surface area contributed by atoms with Crippen molar-refractivity contribution < 1.29 is 14.6 Å². The number of rotatable bonds is 4. The maximum Gasteiger partial charge on any atom is 0.414 e. The lowest BCUT2D eigenvalue weighted by molar-refractivity contribution is 0.175. The van der Waals surface area contributed by atoms with Gasteiger partial charge in [-0.1, -0.05) is 30.3 Å². The summed E-state index contributed by atoms with van der Waals surface area (Å²) in [5, 5.41) is 9.59. The molecular formula is C22H25N3O3. The lowest BCUT2D eigenvalue weighted by atomic mass is 9.96. The molecule has 1 amide bonds. The summed E-state index contributed by atoms with van der Waals surface area (Å²) in [5.74, 6) is 0.923. The second-order valence-corrected chi connectivity index (χ2v) is 7.22. The molecule has 1 N–H and O–H groups in total. The minimum Gasteiger partial charge on any atom is -0.452 e. The van der Waals surface area contributed by atoms with Gasteiger partial charge in [0.05, 0.1) is 30.4 Å². The number of ether oxygens (including phenoxy) is 1. The number of benzene rings is 2. The molecule has 1 atom stereocenters. The van der Waals surface area contributed by atoms with E-state index < -0.39 is 0 Å². The Kier molecular flexibility index (Phi) is 5.05. The van der Waals surface area contributed by atoms with Gasteiger partial charge in [-0.15, -0.1) is 0 Å². The Morgan fingerprint density at radius 3 is 2.75 bits per heavy atom. The topological polar surface area (TPSA) is 67.6 Å². The Bertz CT molecular complexity index is 997. The standard InChI is InChI=1S/C22H25N3O3/c1-15-8-9-17-18(25(15)22(27)28-2)10-11-19-21(17)23-20(24(19)12-13-26)14-16-6-4-3-5-7-16/h3-7,10-11,15,26H,8-9,12-14H2,1-2H3/t15-/m0/s1. The largest absolute Gasteiger partial charge is 0.452 e. The third-order valence-electron chi connectivity index (χ3n) is 5.49. The molecule has 0 bridgehead atoms. The first-order valence-corrected chi connectivity index (χ1v) is 9.67. The molecule has 2 heterocycles. The van der Waals surface area contributed by atoms with Crippen LogP contribution in [0.15, 0.2) is 42.5 Å². The first-order valence-electron chi connectivity index (χ1n) is 9.67. The van der Waals surface area contributed by atoms with E-state index in [0.717, 1.165) is 41.0 Å². The molecule has 0 fully saturated rings. The first-order chi connectivity index (χ1) is 13.6. The number of anilines is 1. The van der Waals surface area contributed by atoms with Crippen molar-refractivity contribution in [1.82, 2.24) is 9.55 Å². The third-order valence-corrected chi connectivity index (χ3v) is 5.49. The van der Waals surface area contributed by atoms with Crippen molar-refractivity contribution >= 4 is 22.8 Å².